The highest BCUT2D eigenvalue weighted by Gasteiger charge is 2.62. The second-order valence-electron chi connectivity index (χ2n) is 10.2. The molecule has 2 amide bonds. The Kier molecular flexibility index (Phi) is 5.28. The van der Waals surface area contributed by atoms with Crippen molar-refractivity contribution >= 4 is 17.5 Å². The topological polar surface area (TPSA) is 46.6 Å². The van der Waals surface area contributed by atoms with E-state index in [1.807, 2.05) is 31.2 Å². The first kappa shape index (κ1) is 22.1. The van der Waals surface area contributed by atoms with Gasteiger partial charge in [0.15, 0.2) is 0 Å². The lowest BCUT2D eigenvalue weighted by molar-refractivity contribution is -0.122. The quantitative estimate of drug-likeness (QED) is 0.397. The number of amides is 2. The van der Waals surface area contributed by atoms with E-state index >= 15 is 0 Å². The molecule has 0 N–H and O–H groups in total. The minimum atomic E-state index is -0.388. The van der Waals surface area contributed by atoms with Crippen LogP contribution in [0.3, 0.4) is 0 Å². The number of carbonyl (C=O) groups is 2. The smallest absolute Gasteiger partial charge is 0.238 e. The highest BCUT2D eigenvalue weighted by atomic mass is 16.5. The zero-order chi connectivity index (χ0) is 24.3. The summed E-state index contributed by atoms with van der Waals surface area (Å²) in [5.74, 6) is -0.143. The standard InChI is InChI=1S/C31H31NO3/c1-4-16-35-25-13-9-8-12-24(25)32-30(33)28-26-20-10-6-7-11-21(20)27(29(28)31(32)34)23-17-19(18(3)5-2)14-15-22(23)26/h6-15,17-18,26-29H,4-5,16H2,1-3H3/t18-,26+,27+,28-,29-/m0/s1. The van der Waals surface area contributed by atoms with Gasteiger partial charge in [-0.15, -0.1) is 0 Å². The van der Waals surface area contributed by atoms with Crippen LogP contribution in [0.1, 0.15) is 79.2 Å². The van der Waals surface area contributed by atoms with Crippen LogP contribution >= 0.6 is 0 Å². The van der Waals surface area contributed by atoms with Gasteiger partial charge in [-0.25, -0.2) is 4.90 Å². The van der Waals surface area contributed by atoms with Gasteiger partial charge in [-0.3, -0.25) is 9.59 Å². The monoisotopic (exact) mass is 465 g/mol. The van der Waals surface area contributed by atoms with E-state index in [1.54, 1.807) is 0 Å². The molecule has 4 heteroatoms. The molecule has 3 aromatic carbocycles. The van der Waals surface area contributed by atoms with Crippen LogP contribution in [0, 0.1) is 11.8 Å². The number of hydrogen-bond donors (Lipinski definition) is 0. The van der Waals surface area contributed by atoms with Crippen molar-refractivity contribution < 1.29 is 14.3 Å². The Balaban J connectivity index is 1.50. The normalized spacial score (nSPS) is 24.7. The Morgan fingerprint density at radius 3 is 2.06 bits per heavy atom. The van der Waals surface area contributed by atoms with Crippen molar-refractivity contribution in [1.29, 1.82) is 0 Å². The number of imide groups is 1. The molecule has 4 nitrogen and oxygen atoms in total. The zero-order valence-corrected chi connectivity index (χ0v) is 20.5. The predicted octanol–water partition coefficient (Wildman–Crippen LogP) is 6.39. The van der Waals surface area contributed by atoms with Crippen LogP contribution in [0.25, 0.3) is 0 Å². The van der Waals surface area contributed by atoms with Crippen LogP contribution in [0.2, 0.25) is 0 Å². The molecule has 4 aliphatic rings. The second kappa shape index (κ2) is 8.37. The Bertz CT molecular complexity index is 1330. The fourth-order valence-electron chi connectivity index (χ4n) is 6.50. The van der Waals surface area contributed by atoms with E-state index < -0.39 is 0 Å². The number of carbonyl (C=O) groups excluding carboxylic acids is 2. The third kappa shape index (κ3) is 3.12. The van der Waals surface area contributed by atoms with E-state index in [-0.39, 0.29) is 35.5 Å². The molecule has 0 unspecified atom stereocenters. The van der Waals surface area contributed by atoms with Crippen molar-refractivity contribution in [2.24, 2.45) is 11.8 Å². The van der Waals surface area contributed by atoms with Gasteiger partial charge >= 0.3 is 0 Å². The summed E-state index contributed by atoms with van der Waals surface area (Å²) in [5, 5.41) is 0. The van der Waals surface area contributed by atoms with Crippen molar-refractivity contribution in [3.8, 4) is 5.75 Å². The molecule has 35 heavy (non-hydrogen) atoms. The van der Waals surface area contributed by atoms with Crippen molar-refractivity contribution in [1.82, 2.24) is 0 Å². The number of hydrogen-bond acceptors (Lipinski definition) is 3. The van der Waals surface area contributed by atoms with E-state index in [1.165, 1.54) is 32.7 Å². The zero-order valence-electron chi connectivity index (χ0n) is 20.5. The SMILES string of the molecule is CCCOc1ccccc1N1C(=O)[C@H]2[C@@H]3c4ccccc4[C@H](c4cc([C@@H](C)CC)ccc43)[C@@H]2C1=O. The molecule has 0 saturated carbocycles. The van der Waals surface area contributed by atoms with E-state index in [4.69, 9.17) is 4.74 Å². The molecule has 1 aliphatic heterocycles. The molecular formula is C31H31NO3. The molecule has 0 spiro atoms. The van der Waals surface area contributed by atoms with Crippen LogP contribution in [-0.2, 0) is 9.59 Å². The Labute approximate surface area is 206 Å². The highest BCUT2D eigenvalue weighted by Crippen LogP contribution is 2.61. The molecule has 3 aliphatic carbocycles. The predicted molar refractivity (Wildman–Crippen MR) is 137 cm³/mol. The van der Waals surface area contributed by atoms with E-state index in [9.17, 15) is 9.59 Å². The molecule has 2 bridgehead atoms. The van der Waals surface area contributed by atoms with Gasteiger partial charge in [0.2, 0.25) is 11.8 Å². The van der Waals surface area contributed by atoms with E-state index in [2.05, 4.69) is 56.3 Å². The lowest BCUT2D eigenvalue weighted by Crippen LogP contribution is -2.41. The largest absolute Gasteiger partial charge is 0.491 e. The van der Waals surface area contributed by atoms with Gasteiger partial charge in [0.05, 0.1) is 24.1 Å². The molecule has 0 radical (unpaired) electrons. The van der Waals surface area contributed by atoms with Crippen LogP contribution in [0.5, 0.6) is 5.75 Å². The molecular weight excluding hydrogens is 434 g/mol. The maximum Gasteiger partial charge on any atom is 0.238 e. The summed E-state index contributed by atoms with van der Waals surface area (Å²) < 4.78 is 5.95. The number of benzene rings is 3. The first-order valence-corrected chi connectivity index (χ1v) is 12.9. The van der Waals surface area contributed by atoms with E-state index in [0.29, 0.717) is 24.0 Å². The third-order valence-corrected chi connectivity index (χ3v) is 8.31. The summed E-state index contributed by atoms with van der Waals surface area (Å²) in [6.07, 6.45) is 1.92. The second-order valence-corrected chi connectivity index (χ2v) is 10.2. The van der Waals surface area contributed by atoms with Crippen LogP contribution in [-0.4, -0.2) is 18.4 Å². The van der Waals surface area contributed by atoms with Crippen molar-refractivity contribution in [3.05, 3.63) is 94.5 Å². The van der Waals surface area contributed by atoms with Gasteiger partial charge in [-0.2, -0.15) is 0 Å². The summed E-state index contributed by atoms with van der Waals surface area (Å²) in [6, 6.07) is 22.6. The number of para-hydroxylation sites is 2. The maximum absolute atomic E-state index is 14.1. The summed E-state index contributed by atoms with van der Waals surface area (Å²) >= 11 is 0. The Morgan fingerprint density at radius 1 is 0.800 bits per heavy atom. The first-order valence-electron chi connectivity index (χ1n) is 12.9. The number of anilines is 1. The van der Waals surface area contributed by atoms with Gasteiger partial charge in [-0.1, -0.05) is 75.4 Å². The maximum atomic E-state index is 14.1. The lowest BCUT2D eigenvalue weighted by atomic mass is 9.54. The van der Waals surface area contributed by atoms with Crippen LogP contribution < -0.4 is 9.64 Å². The lowest BCUT2D eigenvalue weighted by Gasteiger charge is -2.46. The van der Waals surface area contributed by atoms with Gasteiger partial charge in [0.25, 0.3) is 0 Å². The highest BCUT2D eigenvalue weighted by molar-refractivity contribution is 6.24. The average molecular weight is 466 g/mol. The molecule has 178 valence electrons. The minimum absolute atomic E-state index is 0.100. The van der Waals surface area contributed by atoms with Crippen molar-refractivity contribution in [2.45, 2.75) is 51.4 Å². The molecule has 5 atom stereocenters. The van der Waals surface area contributed by atoms with E-state index in [0.717, 1.165) is 12.8 Å². The van der Waals surface area contributed by atoms with Gasteiger partial charge in [0, 0.05) is 11.8 Å². The molecule has 1 saturated heterocycles. The van der Waals surface area contributed by atoms with Gasteiger partial charge in [-0.05, 0) is 58.7 Å². The third-order valence-electron chi connectivity index (χ3n) is 8.31. The van der Waals surface area contributed by atoms with Crippen molar-refractivity contribution in [2.75, 3.05) is 11.5 Å². The first-order chi connectivity index (χ1) is 17.1. The molecule has 7 rings (SSSR count). The van der Waals surface area contributed by atoms with Crippen LogP contribution in [0.4, 0.5) is 5.69 Å². The molecule has 1 heterocycles. The minimum Gasteiger partial charge on any atom is -0.491 e. The fraction of sp³-hybridized carbons (Fsp3) is 0.355. The number of ether oxygens (including phenoxy) is 1. The van der Waals surface area contributed by atoms with Crippen LogP contribution in [0.15, 0.2) is 66.7 Å². The summed E-state index contributed by atoms with van der Waals surface area (Å²) in [6.45, 7) is 7.04. The summed E-state index contributed by atoms with van der Waals surface area (Å²) in [7, 11) is 0. The van der Waals surface area contributed by atoms with Gasteiger partial charge in [0.1, 0.15) is 5.75 Å². The molecule has 1 fully saturated rings. The fourth-order valence-corrected chi connectivity index (χ4v) is 6.50. The summed E-state index contributed by atoms with van der Waals surface area (Å²) in [5.41, 5.74) is 6.71. The number of rotatable bonds is 6. The summed E-state index contributed by atoms with van der Waals surface area (Å²) in [4.78, 5) is 29.6. The van der Waals surface area contributed by atoms with Crippen molar-refractivity contribution in [3.63, 3.8) is 0 Å². The molecule has 3 aromatic rings. The molecule has 0 aromatic heterocycles. The average Bonchev–Trinajstić information content (AvgIpc) is 3.17. The number of nitrogens with zero attached hydrogens (tertiary/aromatic N) is 1. The Hall–Kier alpha value is -3.40. The van der Waals surface area contributed by atoms with Gasteiger partial charge < -0.3 is 4.74 Å². The Morgan fingerprint density at radius 2 is 1.40 bits per heavy atom.